The number of hydrogen-bond acceptors (Lipinski definition) is 0. The number of benzene rings is 1. The normalized spacial score (nSPS) is 20.7. The first kappa shape index (κ1) is 11.2. The van der Waals surface area contributed by atoms with E-state index in [1.54, 1.807) is 0 Å². The van der Waals surface area contributed by atoms with Crippen LogP contribution in [0.4, 0.5) is 0 Å². The molecule has 1 aliphatic rings. The lowest BCUT2D eigenvalue weighted by molar-refractivity contribution is 0.814. The van der Waals surface area contributed by atoms with Crippen molar-refractivity contribution in [3.63, 3.8) is 0 Å². The van der Waals surface area contributed by atoms with E-state index >= 15 is 0 Å². The highest BCUT2D eigenvalue weighted by atomic mass is 79.9. The van der Waals surface area contributed by atoms with Crippen LogP contribution in [0, 0.1) is 36.9 Å². The van der Waals surface area contributed by atoms with Gasteiger partial charge in [0.05, 0.1) is 4.83 Å². The number of hydrogen-bond donors (Lipinski definition) is 0. The van der Waals surface area contributed by atoms with Gasteiger partial charge in [0.2, 0.25) is 0 Å². The summed E-state index contributed by atoms with van der Waals surface area (Å²) in [5.74, 6) is 1.82. The third kappa shape index (κ3) is 2.28. The molecule has 0 N–H and O–H groups in total. The molecule has 0 aliphatic heterocycles. The predicted molar refractivity (Wildman–Crippen MR) is 67.9 cm³/mol. The smallest absolute Gasteiger partial charge is 0.0524 e. The third-order valence-corrected chi connectivity index (χ3v) is 3.64. The Kier molecular flexibility index (Phi) is 3.50. The zero-order chi connectivity index (χ0) is 10.8. The number of halogens is 1. The molecule has 1 fully saturated rings. The van der Waals surface area contributed by atoms with E-state index in [4.69, 9.17) is 0 Å². The van der Waals surface area contributed by atoms with Crippen LogP contribution >= 0.6 is 15.9 Å². The van der Waals surface area contributed by atoms with E-state index in [-0.39, 0.29) is 0 Å². The van der Waals surface area contributed by atoms with Crippen molar-refractivity contribution >= 4 is 15.9 Å². The summed E-state index contributed by atoms with van der Waals surface area (Å²) in [5.41, 5.74) is 2.77. The van der Waals surface area contributed by atoms with Crippen molar-refractivity contribution in [3.05, 3.63) is 65.4 Å². The fraction of sp³-hybridized carbons (Fsp3) is 0.214. The van der Waals surface area contributed by atoms with E-state index in [9.17, 15) is 0 Å². The SMILES string of the molecule is Cc1ccccc1[C@@H](C)[C]1[CH][CH][CH][C]1Br. The summed E-state index contributed by atoms with van der Waals surface area (Å²) in [6, 6.07) is 8.57. The lowest BCUT2D eigenvalue weighted by Gasteiger charge is -2.22. The van der Waals surface area contributed by atoms with Crippen LogP contribution in [0.3, 0.4) is 0 Å². The summed E-state index contributed by atoms with van der Waals surface area (Å²) in [6.45, 7) is 4.42. The van der Waals surface area contributed by atoms with Crippen LogP contribution < -0.4 is 0 Å². The lowest BCUT2D eigenvalue weighted by Crippen LogP contribution is -2.09. The first-order valence-corrected chi connectivity index (χ1v) is 5.96. The zero-order valence-corrected chi connectivity index (χ0v) is 10.6. The lowest BCUT2D eigenvalue weighted by atomic mass is 9.84. The summed E-state index contributed by atoms with van der Waals surface area (Å²) in [4.78, 5) is 1.21. The van der Waals surface area contributed by atoms with Gasteiger partial charge in [0.15, 0.2) is 0 Å². The predicted octanol–water partition coefficient (Wildman–Crippen LogP) is 4.23. The van der Waals surface area contributed by atoms with Gasteiger partial charge in [-0.25, -0.2) is 0 Å². The Labute approximate surface area is 101 Å². The van der Waals surface area contributed by atoms with Crippen LogP contribution in [0.25, 0.3) is 0 Å². The summed E-state index contributed by atoms with van der Waals surface area (Å²) in [6.07, 6.45) is 6.37. The Balaban J connectivity index is 2.20. The van der Waals surface area contributed by atoms with Gasteiger partial charge in [0, 0.05) is 5.92 Å². The highest BCUT2D eigenvalue weighted by molar-refractivity contribution is 9.11. The molecule has 1 aromatic rings. The molecule has 1 atom stereocenters. The molecule has 1 heteroatoms. The van der Waals surface area contributed by atoms with Crippen LogP contribution in [0.2, 0.25) is 0 Å². The van der Waals surface area contributed by atoms with E-state index in [0.717, 1.165) is 0 Å². The highest BCUT2D eigenvalue weighted by Crippen LogP contribution is 2.46. The maximum absolute atomic E-state index is 3.59. The highest BCUT2D eigenvalue weighted by Gasteiger charge is 2.32. The van der Waals surface area contributed by atoms with Gasteiger partial charge < -0.3 is 0 Å². The number of aryl methyl sites for hydroxylation is 1. The molecule has 0 spiro atoms. The average molecular weight is 262 g/mol. The monoisotopic (exact) mass is 261 g/mol. The molecular formula is C14H14Br. The molecule has 0 heterocycles. The van der Waals surface area contributed by atoms with Crippen LogP contribution in [0.15, 0.2) is 24.3 Å². The van der Waals surface area contributed by atoms with Crippen molar-refractivity contribution in [2.24, 2.45) is 0 Å². The quantitative estimate of drug-likeness (QED) is 0.748. The molecule has 0 aromatic heterocycles. The molecule has 0 amide bonds. The fourth-order valence-electron chi connectivity index (χ4n) is 2.00. The van der Waals surface area contributed by atoms with Gasteiger partial charge in [-0.05, 0) is 43.2 Å². The molecule has 2 rings (SSSR count). The summed E-state index contributed by atoms with van der Waals surface area (Å²) in [5, 5.41) is 0. The van der Waals surface area contributed by atoms with E-state index in [1.807, 2.05) is 0 Å². The van der Waals surface area contributed by atoms with Gasteiger partial charge >= 0.3 is 0 Å². The van der Waals surface area contributed by atoms with Gasteiger partial charge in [0.25, 0.3) is 0 Å². The average Bonchev–Trinajstić information content (AvgIpc) is 2.64. The van der Waals surface area contributed by atoms with Gasteiger partial charge in [-0.3, -0.25) is 0 Å². The Hall–Kier alpha value is -0.300. The molecule has 0 nitrogen and oxygen atoms in total. The molecule has 0 bridgehead atoms. The molecule has 1 aliphatic carbocycles. The summed E-state index contributed by atoms with van der Waals surface area (Å²) in [7, 11) is 0. The molecule has 0 saturated heterocycles. The first-order valence-electron chi connectivity index (χ1n) is 5.17. The minimum Gasteiger partial charge on any atom is -0.0828 e. The summed E-state index contributed by atoms with van der Waals surface area (Å²) < 4.78 is 0. The Morgan fingerprint density at radius 1 is 1.13 bits per heavy atom. The third-order valence-electron chi connectivity index (χ3n) is 2.92. The second-order valence-electron chi connectivity index (χ2n) is 3.91. The largest absolute Gasteiger partial charge is 0.0828 e. The minimum absolute atomic E-state index is 0.454. The van der Waals surface area contributed by atoms with E-state index in [1.165, 1.54) is 21.9 Å². The Morgan fingerprint density at radius 2 is 1.87 bits per heavy atom. The summed E-state index contributed by atoms with van der Waals surface area (Å²) >= 11 is 3.59. The van der Waals surface area contributed by atoms with Crippen molar-refractivity contribution in [1.29, 1.82) is 0 Å². The first-order chi connectivity index (χ1) is 7.20. The van der Waals surface area contributed by atoms with Crippen molar-refractivity contribution in [3.8, 4) is 0 Å². The standard InChI is InChI=1S/C14H14Br/c1-10-6-3-4-7-12(10)11(2)13-8-5-9-14(13)15/h3-9,11H,1-2H3/t11-/m1/s1. The van der Waals surface area contributed by atoms with Crippen LogP contribution in [-0.2, 0) is 0 Å². The van der Waals surface area contributed by atoms with Gasteiger partial charge in [-0.15, -0.1) is 0 Å². The Morgan fingerprint density at radius 3 is 2.47 bits per heavy atom. The molecule has 77 valence electrons. The maximum atomic E-state index is 3.59. The van der Waals surface area contributed by atoms with E-state index < -0.39 is 0 Å². The fourth-order valence-corrected chi connectivity index (χ4v) is 2.63. The van der Waals surface area contributed by atoms with Crippen LogP contribution in [0.1, 0.15) is 24.0 Å². The van der Waals surface area contributed by atoms with E-state index in [2.05, 4.69) is 73.3 Å². The van der Waals surface area contributed by atoms with Crippen molar-refractivity contribution in [2.45, 2.75) is 19.8 Å². The Bertz CT molecular complexity index is 332. The molecular weight excluding hydrogens is 248 g/mol. The zero-order valence-electron chi connectivity index (χ0n) is 9.00. The van der Waals surface area contributed by atoms with E-state index in [0.29, 0.717) is 5.92 Å². The molecule has 5 radical (unpaired) electrons. The molecule has 1 saturated carbocycles. The molecule has 1 aromatic carbocycles. The van der Waals surface area contributed by atoms with Gasteiger partial charge in [-0.1, -0.05) is 47.1 Å². The molecule has 15 heavy (non-hydrogen) atoms. The van der Waals surface area contributed by atoms with Crippen LogP contribution in [-0.4, -0.2) is 0 Å². The minimum atomic E-state index is 0.454. The van der Waals surface area contributed by atoms with Crippen LogP contribution in [0.5, 0.6) is 0 Å². The second kappa shape index (κ2) is 4.69. The van der Waals surface area contributed by atoms with Gasteiger partial charge in [-0.2, -0.15) is 0 Å². The van der Waals surface area contributed by atoms with Crippen molar-refractivity contribution in [2.75, 3.05) is 0 Å². The second-order valence-corrected chi connectivity index (χ2v) is 4.76. The molecule has 0 unspecified atom stereocenters. The number of rotatable bonds is 2. The topological polar surface area (TPSA) is 0 Å². The van der Waals surface area contributed by atoms with Crippen molar-refractivity contribution in [1.82, 2.24) is 0 Å². The van der Waals surface area contributed by atoms with Crippen molar-refractivity contribution < 1.29 is 0 Å². The maximum Gasteiger partial charge on any atom is 0.0524 e. The van der Waals surface area contributed by atoms with Gasteiger partial charge in [0.1, 0.15) is 0 Å².